The Labute approximate surface area is 180 Å². The van der Waals surface area contributed by atoms with Gasteiger partial charge in [0.25, 0.3) is 0 Å². The lowest BCUT2D eigenvalue weighted by Crippen LogP contribution is -2.50. The number of Topliss-reactive ketones (excluding diaryl/α,β-unsaturated/α-hetero) is 1. The molecule has 4 aliphatic carbocycles. The highest BCUT2D eigenvalue weighted by Gasteiger charge is 2.59. The van der Waals surface area contributed by atoms with Crippen LogP contribution in [-0.4, -0.2) is 24.1 Å². The highest BCUT2D eigenvalue weighted by molar-refractivity contribution is 6.05. The third kappa shape index (κ3) is 2.92. The Balaban J connectivity index is 1.45. The number of allylic oxidation sites excluding steroid dienone is 2. The summed E-state index contributed by atoms with van der Waals surface area (Å²) in [5, 5.41) is 10.2. The number of carbonyl (C=O) groups is 1. The molecular formula is C27H34O3. The molecule has 0 unspecified atom stereocenters. The number of aliphatic hydroxyl groups is 1. The fourth-order valence-corrected chi connectivity index (χ4v) is 7.34. The van der Waals surface area contributed by atoms with Gasteiger partial charge in [0.05, 0.1) is 13.2 Å². The van der Waals surface area contributed by atoms with Crippen LogP contribution in [0.15, 0.2) is 41.5 Å². The van der Waals surface area contributed by atoms with Crippen molar-refractivity contribution >= 4 is 11.9 Å². The Morgan fingerprint density at radius 2 is 1.77 bits per heavy atom. The van der Waals surface area contributed by atoms with Crippen molar-refractivity contribution in [3.05, 3.63) is 47.1 Å². The van der Waals surface area contributed by atoms with Gasteiger partial charge in [-0.05, 0) is 97.5 Å². The molecule has 3 saturated carbocycles. The molecule has 0 bridgehead atoms. The molecule has 1 aromatic rings. The first-order valence-corrected chi connectivity index (χ1v) is 11.6. The topological polar surface area (TPSA) is 46.5 Å². The van der Waals surface area contributed by atoms with Crippen LogP contribution < -0.4 is 4.74 Å². The summed E-state index contributed by atoms with van der Waals surface area (Å²) < 4.78 is 5.26. The van der Waals surface area contributed by atoms with Gasteiger partial charge >= 0.3 is 0 Å². The van der Waals surface area contributed by atoms with Gasteiger partial charge in [-0.1, -0.05) is 37.6 Å². The summed E-state index contributed by atoms with van der Waals surface area (Å²) >= 11 is 0. The smallest absolute Gasteiger partial charge is 0.165 e. The normalized spacial score (nSPS) is 41.7. The van der Waals surface area contributed by atoms with Crippen molar-refractivity contribution in [1.82, 2.24) is 0 Å². The van der Waals surface area contributed by atoms with Crippen LogP contribution in [0.5, 0.6) is 5.75 Å². The number of ketones is 1. The Morgan fingerprint density at radius 1 is 1.03 bits per heavy atom. The zero-order valence-electron chi connectivity index (χ0n) is 18.5. The summed E-state index contributed by atoms with van der Waals surface area (Å²) in [6, 6.07) is 8.00. The van der Waals surface area contributed by atoms with Gasteiger partial charge in [0.1, 0.15) is 5.75 Å². The molecule has 160 valence electrons. The molecule has 3 fully saturated rings. The summed E-state index contributed by atoms with van der Waals surface area (Å²) in [7, 11) is 1.67. The highest BCUT2D eigenvalue weighted by atomic mass is 16.5. The van der Waals surface area contributed by atoms with Gasteiger partial charge in [0.15, 0.2) is 5.78 Å². The zero-order chi connectivity index (χ0) is 21.1. The molecule has 6 atom stereocenters. The number of methoxy groups -OCH3 is 1. The van der Waals surface area contributed by atoms with Crippen molar-refractivity contribution in [2.45, 2.75) is 64.9 Å². The fourth-order valence-electron chi connectivity index (χ4n) is 7.34. The lowest BCUT2D eigenvalue weighted by atomic mass is 9.48. The van der Waals surface area contributed by atoms with E-state index in [1.54, 1.807) is 7.11 Å². The molecule has 3 nitrogen and oxygen atoms in total. The number of aliphatic hydroxyl groups excluding tert-OH is 1. The van der Waals surface area contributed by atoms with Gasteiger partial charge in [-0.25, -0.2) is 0 Å². The van der Waals surface area contributed by atoms with Crippen molar-refractivity contribution in [2.24, 2.45) is 28.6 Å². The van der Waals surface area contributed by atoms with E-state index in [9.17, 15) is 9.90 Å². The fraction of sp³-hybridized carbons (Fsp3) is 0.593. The Hall–Kier alpha value is -1.87. The van der Waals surface area contributed by atoms with Gasteiger partial charge in [-0.15, -0.1) is 0 Å². The third-order valence-electron chi connectivity index (χ3n) is 9.17. The molecular weight excluding hydrogens is 372 g/mol. The van der Waals surface area contributed by atoms with Crippen LogP contribution in [-0.2, 0) is 4.79 Å². The molecule has 0 heterocycles. The van der Waals surface area contributed by atoms with Crippen LogP contribution >= 0.6 is 0 Å². The minimum absolute atomic E-state index is 0.165. The molecule has 0 saturated heterocycles. The van der Waals surface area contributed by atoms with Crippen LogP contribution in [0, 0.1) is 28.6 Å². The quantitative estimate of drug-likeness (QED) is 0.515. The van der Waals surface area contributed by atoms with Crippen molar-refractivity contribution in [3.8, 4) is 5.75 Å². The van der Waals surface area contributed by atoms with Crippen LogP contribution in [0.2, 0.25) is 0 Å². The standard InChI is InChI=1S/C27H34O3/c1-26-12-10-20(28)16-19(26)6-9-22-23(26)11-13-27(2)24(22)15-18(25(27)29)14-17-4-7-21(30-3)8-5-17/h4-8,14,20,22-24,28H,9-13,15-16H2,1-3H3/b18-14+/t20-,22-,23+,24-,26-,27-/m1/s1. The second-order valence-electron chi connectivity index (χ2n) is 10.6. The molecule has 0 aliphatic heterocycles. The van der Waals surface area contributed by atoms with E-state index in [2.05, 4.69) is 26.0 Å². The number of hydrogen-bond acceptors (Lipinski definition) is 3. The van der Waals surface area contributed by atoms with E-state index < -0.39 is 0 Å². The SMILES string of the molecule is COc1ccc(/C=C2\C[C@@H]3[C@@H]4CC=C5C[C@H](O)CC[C@@]5(C)[C@H]4CC[C@@]3(C)C2=O)cc1. The molecule has 0 amide bonds. The summed E-state index contributed by atoms with van der Waals surface area (Å²) in [4.78, 5) is 13.5. The maximum atomic E-state index is 13.5. The van der Waals surface area contributed by atoms with Crippen LogP contribution in [0.4, 0.5) is 0 Å². The molecule has 4 aliphatic rings. The number of benzene rings is 1. The minimum atomic E-state index is -0.213. The average Bonchev–Trinajstić information content (AvgIpc) is 3.00. The number of hydrogen-bond donors (Lipinski definition) is 1. The molecule has 1 aromatic carbocycles. The second-order valence-corrected chi connectivity index (χ2v) is 10.6. The predicted molar refractivity (Wildman–Crippen MR) is 119 cm³/mol. The van der Waals surface area contributed by atoms with Gasteiger partial charge in [-0.3, -0.25) is 4.79 Å². The predicted octanol–water partition coefficient (Wildman–Crippen LogP) is 5.58. The average molecular weight is 407 g/mol. The third-order valence-corrected chi connectivity index (χ3v) is 9.17. The molecule has 3 heteroatoms. The molecule has 30 heavy (non-hydrogen) atoms. The van der Waals surface area contributed by atoms with Crippen LogP contribution in [0.3, 0.4) is 0 Å². The molecule has 0 spiro atoms. The van der Waals surface area contributed by atoms with Crippen LogP contribution in [0.1, 0.15) is 64.4 Å². The van der Waals surface area contributed by atoms with Crippen LogP contribution in [0.25, 0.3) is 6.08 Å². The summed E-state index contributed by atoms with van der Waals surface area (Å²) in [6.45, 7) is 4.67. The Morgan fingerprint density at radius 3 is 2.50 bits per heavy atom. The highest BCUT2D eigenvalue weighted by Crippen LogP contribution is 2.64. The largest absolute Gasteiger partial charge is 0.497 e. The van der Waals surface area contributed by atoms with Crippen molar-refractivity contribution < 1.29 is 14.6 Å². The van der Waals surface area contributed by atoms with Gasteiger partial charge in [-0.2, -0.15) is 0 Å². The Bertz CT molecular complexity index is 911. The second kappa shape index (κ2) is 7.09. The maximum absolute atomic E-state index is 13.5. The summed E-state index contributed by atoms with van der Waals surface area (Å²) in [5.74, 6) is 2.89. The first-order valence-electron chi connectivity index (χ1n) is 11.6. The monoisotopic (exact) mass is 406 g/mol. The molecule has 0 radical (unpaired) electrons. The number of carbonyl (C=O) groups excluding carboxylic acids is 1. The number of fused-ring (bicyclic) bond motifs is 5. The van der Waals surface area contributed by atoms with Crippen molar-refractivity contribution in [2.75, 3.05) is 7.11 Å². The molecule has 5 rings (SSSR count). The van der Waals surface area contributed by atoms with E-state index in [4.69, 9.17) is 4.74 Å². The Kier molecular flexibility index (Phi) is 4.74. The van der Waals surface area contributed by atoms with E-state index in [1.165, 1.54) is 5.57 Å². The maximum Gasteiger partial charge on any atom is 0.165 e. The lowest BCUT2D eigenvalue weighted by Gasteiger charge is -2.56. The lowest BCUT2D eigenvalue weighted by molar-refractivity contribution is -0.130. The van der Waals surface area contributed by atoms with Crippen molar-refractivity contribution in [1.29, 1.82) is 0 Å². The summed E-state index contributed by atoms with van der Waals surface area (Å²) in [5.41, 5.74) is 3.58. The van der Waals surface area contributed by atoms with Gasteiger partial charge in [0, 0.05) is 5.41 Å². The van der Waals surface area contributed by atoms with Gasteiger partial charge in [0.2, 0.25) is 0 Å². The van der Waals surface area contributed by atoms with Crippen molar-refractivity contribution in [3.63, 3.8) is 0 Å². The van der Waals surface area contributed by atoms with E-state index >= 15 is 0 Å². The van der Waals surface area contributed by atoms with E-state index in [-0.39, 0.29) is 16.9 Å². The number of ether oxygens (including phenoxy) is 1. The molecule has 0 aromatic heterocycles. The zero-order valence-corrected chi connectivity index (χ0v) is 18.5. The van der Waals surface area contributed by atoms with Gasteiger partial charge < -0.3 is 9.84 Å². The van der Waals surface area contributed by atoms with E-state index in [0.717, 1.165) is 61.8 Å². The summed E-state index contributed by atoms with van der Waals surface area (Å²) in [6.07, 6.45) is 11.4. The minimum Gasteiger partial charge on any atom is -0.497 e. The van der Waals surface area contributed by atoms with E-state index in [1.807, 2.05) is 24.3 Å². The number of rotatable bonds is 2. The van der Waals surface area contributed by atoms with E-state index in [0.29, 0.717) is 23.5 Å². The first kappa shape index (κ1) is 20.1. The molecule has 1 N–H and O–H groups in total. The first-order chi connectivity index (χ1) is 14.3.